The third-order valence-electron chi connectivity index (χ3n) is 3.64. The summed E-state index contributed by atoms with van der Waals surface area (Å²) in [5.74, 6) is -1.37. The average Bonchev–Trinajstić information content (AvgIpc) is 2.83. The second kappa shape index (κ2) is 5.48. The molecule has 0 atom stereocenters. The first kappa shape index (κ1) is 14.3. The lowest BCUT2D eigenvalue weighted by Gasteiger charge is -2.25. The van der Waals surface area contributed by atoms with Crippen LogP contribution in [0.5, 0.6) is 0 Å². The lowest BCUT2D eigenvalue weighted by atomic mass is 9.98. The maximum Gasteiger partial charge on any atom is 0.329 e. The van der Waals surface area contributed by atoms with Crippen molar-refractivity contribution in [2.75, 3.05) is 5.32 Å². The van der Waals surface area contributed by atoms with Crippen molar-refractivity contribution in [1.82, 2.24) is 5.32 Å². The maximum absolute atomic E-state index is 13.1. The highest BCUT2D eigenvalue weighted by atomic mass is 19.1. The number of anilines is 1. The standard InChI is InChI=1S/C14H17FN2O3/c1-9-8-10(4-5-11(9)15)16-13(20)17-14(12(18)19)6-2-3-7-14/h4-5,8H,2-3,6-7H2,1H3,(H,18,19)(H2,16,17,20). The van der Waals surface area contributed by atoms with E-state index in [1.165, 1.54) is 18.2 Å². The molecule has 1 aliphatic carbocycles. The quantitative estimate of drug-likeness (QED) is 0.796. The molecule has 0 radical (unpaired) electrons. The SMILES string of the molecule is Cc1cc(NC(=O)NC2(C(=O)O)CCCC2)ccc1F. The van der Waals surface area contributed by atoms with Gasteiger partial charge in [-0.2, -0.15) is 0 Å². The molecule has 0 spiro atoms. The van der Waals surface area contributed by atoms with Gasteiger partial charge in [-0.25, -0.2) is 14.0 Å². The summed E-state index contributed by atoms with van der Waals surface area (Å²) < 4.78 is 13.1. The van der Waals surface area contributed by atoms with Crippen LogP contribution in [0.25, 0.3) is 0 Å². The minimum Gasteiger partial charge on any atom is -0.480 e. The molecule has 3 N–H and O–H groups in total. The number of rotatable bonds is 3. The van der Waals surface area contributed by atoms with E-state index in [0.717, 1.165) is 12.8 Å². The van der Waals surface area contributed by atoms with Gasteiger partial charge in [-0.05, 0) is 43.5 Å². The monoisotopic (exact) mass is 280 g/mol. The Morgan fingerprint density at radius 3 is 2.50 bits per heavy atom. The third-order valence-corrected chi connectivity index (χ3v) is 3.64. The van der Waals surface area contributed by atoms with Crippen molar-refractivity contribution >= 4 is 17.7 Å². The van der Waals surface area contributed by atoms with Crippen LogP contribution in [0.1, 0.15) is 31.2 Å². The van der Waals surface area contributed by atoms with E-state index in [2.05, 4.69) is 10.6 Å². The number of benzene rings is 1. The first-order valence-electron chi connectivity index (χ1n) is 6.52. The first-order valence-corrected chi connectivity index (χ1v) is 6.52. The van der Waals surface area contributed by atoms with E-state index in [1.54, 1.807) is 6.92 Å². The molecule has 1 aromatic rings. The van der Waals surface area contributed by atoms with Gasteiger partial charge in [0.2, 0.25) is 0 Å². The van der Waals surface area contributed by atoms with Crippen molar-refractivity contribution in [2.45, 2.75) is 38.1 Å². The van der Waals surface area contributed by atoms with Crippen molar-refractivity contribution in [3.63, 3.8) is 0 Å². The van der Waals surface area contributed by atoms with Crippen molar-refractivity contribution in [3.8, 4) is 0 Å². The molecule has 0 aliphatic heterocycles. The Bertz CT molecular complexity index is 539. The van der Waals surface area contributed by atoms with Crippen LogP contribution in [0.15, 0.2) is 18.2 Å². The number of hydrogen-bond donors (Lipinski definition) is 3. The van der Waals surface area contributed by atoms with Crippen molar-refractivity contribution in [2.24, 2.45) is 0 Å². The van der Waals surface area contributed by atoms with Gasteiger partial charge in [0.15, 0.2) is 0 Å². The minimum atomic E-state index is -1.18. The predicted molar refractivity (Wildman–Crippen MR) is 72.1 cm³/mol. The van der Waals surface area contributed by atoms with Crippen LogP contribution in [0, 0.1) is 12.7 Å². The summed E-state index contributed by atoms with van der Waals surface area (Å²) in [5.41, 5.74) is -0.337. The lowest BCUT2D eigenvalue weighted by molar-refractivity contribution is -0.144. The summed E-state index contributed by atoms with van der Waals surface area (Å²) in [6.45, 7) is 1.59. The molecule has 1 saturated carbocycles. The van der Waals surface area contributed by atoms with Crippen LogP contribution in [-0.2, 0) is 4.79 Å². The molecule has 1 fully saturated rings. The molecule has 0 aromatic heterocycles. The van der Waals surface area contributed by atoms with Crippen molar-refractivity contribution < 1.29 is 19.1 Å². The van der Waals surface area contributed by atoms with Gasteiger partial charge >= 0.3 is 12.0 Å². The number of carbonyl (C=O) groups excluding carboxylic acids is 1. The Morgan fingerprint density at radius 2 is 1.95 bits per heavy atom. The van der Waals surface area contributed by atoms with E-state index in [0.29, 0.717) is 24.1 Å². The number of aryl methyl sites for hydroxylation is 1. The first-order chi connectivity index (χ1) is 9.43. The molecule has 1 aliphatic rings. The summed E-state index contributed by atoms with van der Waals surface area (Å²) in [4.78, 5) is 23.2. The van der Waals surface area contributed by atoms with E-state index in [9.17, 15) is 19.1 Å². The molecule has 20 heavy (non-hydrogen) atoms. The fraction of sp³-hybridized carbons (Fsp3) is 0.429. The Balaban J connectivity index is 2.04. The number of urea groups is 1. The Kier molecular flexibility index (Phi) is 3.92. The van der Waals surface area contributed by atoms with E-state index < -0.39 is 17.5 Å². The summed E-state index contributed by atoms with van der Waals surface area (Å²) in [6, 6.07) is 3.61. The molecule has 108 valence electrons. The number of amides is 2. The lowest BCUT2D eigenvalue weighted by Crippen LogP contribution is -2.53. The van der Waals surface area contributed by atoms with Gasteiger partial charge in [-0.3, -0.25) is 0 Å². The van der Waals surface area contributed by atoms with Gasteiger partial charge in [0.05, 0.1) is 0 Å². The Morgan fingerprint density at radius 1 is 1.30 bits per heavy atom. The van der Waals surface area contributed by atoms with Crippen LogP contribution in [0.2, 0.25) is 0 Å². The number of carboxylic acid groups (broad SMARTS) is 1. The van der Waals surface area contributed by atoms with Crippen molar-refractivity contribution in [3.05, 3.63) is 29.6 Å². The van der Waals surface area contributed by atoms with Gasteiger partial charge in [-0.1, -0.05) is 12.8 Å². The molecular formula is C14H17FN2O3. The predicted octanol–water partition coefficient (Wildman–Crippen LogP) is 2.65. The molecule has 5 nitrogen and oxygen atoms in total. The summed E-state index contributed by atoms with van der Waals surface area (Å²) in [5, 5.41) is 14.3. The van der Waals surface area contributed by atoms with Gasteiger partial charge in [0.25, 0.3) is 0 Å². The van der Waals surface area contributed by atoms with Crippen LogP contribution in [0.3, 0.4) is 0 Å². The normalized spacial score (nSPS) is 16.7. The van der Waals surface area contributed by atoms with Crippen LogP contribution in [-0.4, -0.2) is 22.6 Å². The number of nitrogens with one attached hydrogen (secondary N) is 2. The van der Waals surface area contributed by atoms with Crippen molar-refractivity contribution in [1.29, 1.82) is 0 Å². The molecule has 6 heteroatoms. The fourth-order valence-electron chi connectivity index (χ4n) is 2.47. The molecule has 1 aromatic carbocycles. The topological polar surface area (TPSA) is 78.4 Å². The number of halogens is 1. The number of carbonyl (C=O) groups is 2. The zero-order valence-electron chi connectivity index (χ0n) is 11.2. The largest absolute Gasteiger partial charge is 0.480 e. The highest BCUT2D eigenvalue weighted by Gasteiger charge is 2.42. The zero-order valence-corrected chi connectivity index (χ0v) is 11.2. The van der Waals surface area contributed by atoms with E-state index in [1.807, 2.05) is 0 Å². The van der Waals surface area contributed by atoms with Gasteiger partial charge in [0, 0.05) is 5.69 Å². The molecule has 2 amide bonds. The number of carboxylic acids is 1. The number of hydrogen-bond acceptors (Lipinski definition) is 2. The van der Waals surface area contributed by atoms with Gasteiger partial charge in [-0.15, -0.1) is 0 Å². The Hall–Kier alpha value is -2.11. The average molecular weight is 280 g/mol. The second-order valence-corrected chi connectivity index (χ2v) is 5.14. The van der Waals surface area contributed by atoms with Gasteiger partial charge < -0.3 is 15.7 Å². The Labute approximate surface area is 116 Å². The number of aliphatic carboxylic acids is 1. The molecule has 0 heterocycles. The van der Waals surface area contributed by atoms with E-state index in [4.69, 9.17) is 0 Å². The molecule has 0 unspecified atom stereocenters. The highest BCUT2D eigenvalue weighted by Crippen LogP contribution is 2.30. The smallest absolute Gasteiger partial charge is 0.329 e. The van der Waals surface area contributed by atoms with E-state index >= 15 is 0 Å². The molecule has 0 bridgehead atoms. The summed E-state index contributed by atoms with van der Waals surface area (Å²) in [6.07, 6.45) is 2.42. The second-order valence-electron chi connectivity index (χ2n) is 5.14. The molecular weight excluding hydrogens is 263 g/mol. The third kappa shape index (κ3) is 2.89. The summed E-state index contributed by atoms with van der Waals surface area (Å²) in [7, 11) is 0. The fourth-order valence-corrected chi connectivity index (χ4v) is 2.47. The molecule has 2 rings (SSSR count). The van der Waals surface area contributed by atoms with Crippen LogP contribution in [0.4, 0.5) is 14.9 Å². The summed E-state index contributed by atoms with van der Waals surface area (Å²) >= 11 is 0. The van der Waals surface area contributed by atoms with Gasteiger partial charge in [0.1, 0.15) is 11.4 Å². The zero-order chi connectivity index (χ0) is 14.8. The highest BCUT2D eigenvalue weighted by molar-refractivity contribution is 5.94. The van der Waals surface area contributed by atoms with Crippen LogP contribution >= 0.6 is 0 Å². The maximum atomic E-state index is 13.1. The van der Waals surface area contributed by atoms with E-state index in [-0.39, 0.29) is 5.82 Å². The van der Waals surface area contributed by atoms with Crippen LogP contribution < -0.4 is 10.6 Å². The molecule has 0 saturated heterocycles. The minimum absolute atomic E-state index is 0.353.